The number of carbonyl (C=O) groups is 1. The average Bonchev–Trinajstić information content (AvgIpc) is 2.43. The lowest BCUT2D eigenvalue weighted by Gasteiger charge is -2.30. The van der Waals surface area contributed by atoms with Crippen molar-refractivity contribution in [1.29, 1.82) is 0 Å². The third-order valence-electron chi connectivity index (χ3n) is 4.04. The molecule has 126 valence electrons. The van der Waals surface area contributed by atoms with E-state index in [1.54, 1.807) is 14.1 Å². The van der Waals surface area contributed by atoms with Crippen molar-refractivity contribution in [3.63, 3.8) is 0 Å². The number of halogens is 1. The van der Waals surface area contributed by atoms with Crippen molar-refractivity contribution in [3.05, 3.63) is 0 Å². The smallest absolute Gasteiger partial charge is 0.241 e. The zero-order valence-electron chi connectivity index (χ0n) is 13.0. The minimum absolute atomic E-state index is 0. The fraction of sp³-hybridized carbons (Fsp3) is 0.923. The molecule has 0 spiro atoms. The number of rotatable bonds is 6. The van der Waals surface area contributed by atoms with E-state index in [1.807, 2.05) is 0 Å². The molecule has 1 saturated carbocycles. The molecule has 0 radical (unpaired) electrons. The Hall–Kier alpha value is -0.370. The number of nitrogens with zero attached hydrogens (tertiary/aromatic N) is 1. The van der Waals surface area contributed by atoms with Gasteiger partial charge in [0.2, 0.25) is 15.9 Å². The highest BCUT2D eigenvalue weighted by atomic mass is 35.5. The standard InChI is InChI=1S/C13H27N3O3S.ClH/c1-10(13(17)16(2)3)20(18,19)15-12(9-14)11-7-5-4-6-8-11;/h10-12,15H,4-9,14H2,1-3H3;1H. The van der Waals surface area contributed by atoms with Crippen molar-refractivity contribution in [1.82, 2.24) is 9.62 Å². The summed E-state index contributed by atoms with van der Waals surface area (Å²) in [5, 5.41) is -1.09. The molecule has 0 aromatic carbocycles. The second-order valence-corrected chi connectivity index (χ2v) is 7.81. The molecule has 2 unspecified atom stereocenters. The van der Waals surface area contributed by atoms with E-state index < -0.39 is 21.2 Å². The van der Waals surface area contributed by atoms with Crippen LogP contribution < -0.4 is 10.5 Å². The van der Waals surface area contributed by atoms with E-state index in [0.717, 1.165) is 25.7 Å². The van der Waals surface area contributed by atoms with Gasteiger partial charge in [-0.05, 0) is 25.7 Å². The summed E-state index contributed by atoms with van der Waals surface area (Å²) in [5.74, 6) is -0.137. The SMILES string of the molecule is CC(C(=O)N(C)C)S(=O)(=O)NC(CN)C1CCCCC1.Cl. The van der Waals surface area contributed by atoms with Crippen molar-refractivity contribution in [2.24, 2.45) is 11.7 Å². The predicted octanol–water partition coefficient (Wildman–Crippen LogP) is 0.712. The van der Waals surface area contributed by atoms with Crippen molar-refractivity contribution in [3.8, 4) is 0 Å². The molecule has 8 heteroatoms. The summed E-state index contributed by atoms with van der Waals surface area (Å²) in [7, 11) is -0.583. The molecule has 1 rings (SSSR count). The maximum Gasteiger partial charge on any atom is 0.241 e. The molecule has 0 heterocycles. The third-order valence-corrected chi connectivity index (χ3v) is 5.81. The van der Waals surface area contributed by atoms with E-state index in [-0.39, 0.29) is 30.9 Å². The highest BCUT2D eigenvalue weighted by Gasteiger charge is 2.33. The van der Waals surface area contributed by atoms with Crippen LogP contribution in [0.4, 0.5) is 0 Å². The van der Waals surface area contributed by atoms with E-state index in [9.17, 15) is 13.2 Å². The minimum atomic E-state index is -3.69. The third kappa shape index (κ3) is 5.73. The lowest BCUT2D eigenvalue weighted by molar-refractivity contribution is -0.127. The first-order chi connectivity index (χ1) is 9.29. The van der Waals surface area contributed by atoms with Gasteiger partial charge in [-0.15, -0.1) is 12.4 Å². The molecule has 0 bridgehead atoms. The van der Waals surface area contributed by atoms with Gasteiger partial charge in [0, 0.05) is 26.7 Å². The molecular formula is C13H28ClN3O3S. The Kier molecular flexibility index (Phi) is 8.77. The summed E-state index contributed by atoms with van der Waals surface area (Å²) in [5.41, 5.74) is 5.72. The van der Waals surface area contributed by atoms with Gasteiger partial charge in [-0.25, -0.2) is 13.1 Å². The van der Waals surface area contributed by atoms with Gasteiger partial charge in [0.05, 0.1) is 0 Å². The van der Waals surface area contributed by atoms with Gasteiger partial charge in [-0.3, -0.25) is 4.79 Å². The van der Waals surface area contributed by atoms with Crippen LogP contribution in [0.5, 0.6) is 0 Å². The van der Waals surface area contributed by atoms with Crippen molar-refractivity contribution in [2.75, 3.05) is 20.6 Å². The van der Waals surface area contributed by atoms with E-state index >= 15 is 0 Å². The van der Waals surface area contributed by atoms with Gasteiger partial charge in [0.1, 0.15) is 0 Å². The number of hydrogen-bond donors (Lipinski definition) is 2. The molecule has 0 aliphatic heterocycles. The van der Waals surface area contributed by atoms with Crippen LogP contribution in [0, 0.1) is 5.92 Å². The zero-order valence-corrected chi connectivity index (χ0v) is 14.7. The maximum atomic E-state index is 12.3. The molecule has 21 heavy (non-hydrogen) atoms. The Morgan fingerprint density at radius 3 is 2.24 bits per heavy atom. The average molecular weight is 342 g/mol. The maximum absolute atomic E-state index is 12.3. The summed E-state index contributed by atoms with van der Waals surface area (Å²) in [6, 6.07) is -0.266. The van der Waals surface area contributed by atoms with Gasteiger partial charge in [-0.2, -0.15) is 0 Å². The number of nitrogens with one attached hydrogen (secondary N) is 1. The molecule has 1 aliphatic rings. The summed E-state index contributed by atoms with van der Waals surface area (Å²) < 4.78 is 27.2. The van der Waals surface area contributed by atoms with E-state index in [1.165, 1.54) is 18.2 Å². The fourth-order valence-electron chi connectivity index (χ4n) is 2.68. The first-order valence-corrected chi connectivity index (χ1v) is 8.76. The highest BCUT2D eigenvalue weighted by Crippen LogP contribution is 2.26. The highest BCUT2D eigenvalue weighted by molar-refractivity contribution is 7.90. The molecular weight excluding hydrogens is 314 g/mol. The van der Waals surface area contributed by atoms with Crippen molar-refractivity contribution >= 4 is 28.3 Å². The van der Waals surface area contributed by atoms with Crippen LogP contribution in [0.2, 0.25) is 0 Å². The van der Waals surface area contributed by atoms with Crippen LogP contribution in [-0.4, -0.2) is 51.2 Å². The lowest BCUT2D eigenvalue weighted by atomic mass is 9.84. The summed E-state index contributed by atoms with van der Waals surface area (Å²) in [6.45, 7) is 1.69. The van der Waals surface area contributed by atoms with Crippen LogP contribution in [-0.2, 0) is 14.8 Å². The quantitative estimate of drug-likeness (QED) is 0.744. The number of sulfonamides is 1. The molecule has 0 aromatic rings. The monoisotopic (exact) mass is 341 g/mol. The van der Waals surface area contributed by atoms with E-state index in [4.69, 9.17) is 5.73 Å². The van der Waals surface area contributed by atoms with Crippen LogP contribution in [0.25, 0.3) is 0 Å². The molecule has 0 aromatic heterocycles. The molecule has 3 N–H and O–H groups in total. The Morgan fingerprint density at radius 2 is 1.81 bits per heavy atom. The summed E-state index contributed by atoms with van der Waals surface area (Å²) in [4.78, 5) is 13.1. The van der Waals surface area contributed by atoms with Gasteiger partial charge >= 0.3 is 0 Å². The zero-order chi connectivity index (χ0) is 15.3. The normalized spacial score (nSPS) is 19.4. The van der Waals surface area contributed by atoms with E-state index in [2.05, 4.69) is 4.72 Å². The number of nitrogens with two attached hydrogens (primary N) is 1. The Morgan fingerprint density at radius 1 is 1.29 bits per heavy atom. The van der Waals surface area contributed by atoms with Crippen molar-refractivity contribution in [2.45, 2.75) is 50.3 Å². The Labute approximate surface area is 134 Å². The van der Waals surface area contributed by atoms with Crippen LogP contribution in [0.3, 0.4) is 0 Å². The molecule has 0 saturated heterocycles. The second-order valence-electron chi connectivity index (χ2n) is 5.78. The van der Waals surface area contributed by atoms with Crippen molar-refractivity contribution < 1.29 is 13.2 Å². The molecule has 1 amide bonds. The largest absolute Gasteiger partial charge is 0.348 e. The lowest BCUT2D eigenvalue weighted by Crippen LogP contribution is -2.51. The van der Waals surface area contributed by atoms with Gasteiger partial charge in [0.25, 0.3) is 0 Å². The number of carbonyl (C=O) groups excluding carboxylic acids is 1. The molecule has 2 atom stereocenters. The number of hydrogen-bond acceptors (Lipinski definition) is 4. The molecule has 1 fully saturated rings. The topological polar surface area (TPSA) is 92.5 Å². The van der Waals surface area contributed by atoms with Crippen LogP contribution >= 0.6 is 12.4 Å². The second kappa shape index (κ2) is 8.92. The van der Waals surface area contributed by atoms with Crippen LogP contribution in [0.15, 0.2) is 0 Å². The predicted molar refractivity (Wildman–Crippen MR) is 86.9 cm³/mol. The molecule has 6 nitrogen and oxygen atoms in total. The van der Waals surface area contributed by atoms with Gasteiger partial charge in [0.15, 0.2) is 5.25 Å². The first-order valence-electron chi connectivity index (χ1n) is 7.22. The Bertz CT molecular complexity index is 422. The summed E-state index contributed by atoms with van der Waals surface area (Å²) >= 11 is 0. The summed E-state index contributed by atoms with van der Waals surface area (Å²) in [6.07, 6.45) is 5.45. The van der Waals surface area contributed by atoms with Gasteiger partial charge < -0.3 is 10.6 Å². The first kappa shape index (κ1) is 20.6. The van der Waals surface area contributed by atoms with Crippen LogP contribution in [0.1, 0.15) is 39.0 Å². The van der Waals surface area contributed by atoms with E-state index in [0.29, 0.717) is 0 Å². The Balaban J connectivity index is 0.00000400. The minimum Gasteiger partial charge on any atom is -0.348 e. The van der Waals surface area contributed by atoms with Gasteiger partial charge in [-0.1, -0.05) is 19.3 Å². The fourth-order valence-corrected chi connectivity index (χ4v) is 4.07. The number of amides is 1. The molecule has 1 aliphatic carbocycles.